The molecule has 0 aliphatic carbocycles. The molecular weight excluding hydrogens is 510 g/mol. The Morgan fingerprint density at radius 1 is 0.824 bits per heavy atom. The second-order valence-corrected chi connectivity index (χ2v) is 2.48. The molecular formula is C6H14BiK3O7. The fourth-order valence-electron chi connectivity index (χ4n) is 0.714. The second kappa shape index (κ2) is 16.5. The maximum absolute atomic E-state index is 10.3. The van der Waals surface area contributed by atoms with Crippen LogP contribution < -0.4 is 0 Å². The third kappa shape index (κ3) is 16.4. The van der Waals surface area contributed by atoms with Gasteiger partial charge in [-0.1, -0.05) is 0 Å². The van der Waals surface area contributed by atoms with Crippen molar-refractivity contribution < 1.29 is 34.8 Å². The standard InChI is InChI=1S/C6H8O7.Bi.3K.6H/c7-3(8)1-6(13,5(11)12)2-4(9)10;;;;;;;;;;/h13H,1-2H2,(H,7,8)(H,9,10)(H,11,12);;;;;;;;;;. The van der Waals surface area contributed by atoms with Gasteiger partial charge in [-0.3, -0.25) is 9.59 Å². The van der Waals surface area contributed by atoms with Crippen LogP contribution in [0.25, 0.3) is 0 Å². The summed E-state index contributed by atoms with van der Waals surface area (Å²) in [6.45, 7) is 0. The van der Waals surface area contributed by atoms with Crippen molar-refractivity contribution in [3.8, 4) is 0 Å². The summed E-state index contributed by atoms with van der Waals surface area (Å²) in [4.78, 5) is 30.5. The molecule has 0 saturated carbocycles. The van der Waals surface area contributed by atoms with Gasteiger partial charge in [0.05, 0.1) is 12.8 Å². The van der Waals surface area contributed by atoms with Crippen molar-refractivity contribution in [3.63, 3.8) is 0 Å². The summed E-state index contributed by atoms with van der Waals surface area (Å²) < 4.78 is 0. The first-order valence-corrected chi connectivity index (χ1v) is 3.17. The van der Waals surface area contributed by atoms with Gasteiger partial charge in [-0.25, -0.2) is 4.79 Å². The molecule has 0 aliphatic rings. The predicted octanol–water partition coefficient (Wildman–Crippen LogP) is -4.38. The van der Waals surface area contributed by atoms with Crippen LogP contribution in [0.4, 0.5) is 0 Å². The van der Waals surface area contributed by atoms with Crippen molar-refractivity contribution in [2.24, 2.45) is 0 Å². The fourth-order valence-corrected chi connectivity index (χ4v) is 0.714. The number of aliphatic hydroxyl groups is 1. The number of aliphatic carboxylic acids is 3. The molecule has 0 spiro atoms. The van der Waals surface area contributed by atoms with Crippen molar-refractivity contribution in [2.75, 3.05) is 0 Å². The average Bonchev–Trinajstić information content (AvgIpc) is 1.82. The summed E-state index contributed by atoms with van der Waals surface area (Å²) in [6.07, 6.45) is -2.29. The first-order valence-electron chi connectivity index (χ1n) is 3.17. The van der Waals surface area contributed by atoms with Gasteiger partial charge in [0, 0.05) is 0 Å². The number of carboxylic acids is 3. The Kier molecular flexibility index (Phi) is 32.0. The van der Waals surface area contributed by atoms with Gasteiger partial charge < -0.3 is 20.4 Å². The fraction of sp³-hybridized carbons (Fsp3) is 0.500. The predicted molar refractivity (Wildman–Crippen MR) is 68.5 cm³/mol. The zero-order valence-electron chi connectivity index (χ0n) is 7.13. The van der Waals surface area contributed by atoms with Crippen LogP contribution in [0, 0.1) is 0 Å². The normalized spacial score (nSPS) is 8.29. The van der Waals surface area contributed by atoms with E-state index >= 15 is 0 Å². The molecule has 4 N–H and O–H groups in total. The molecule has 17 heavy (non-hydrogen) atoms. The van der Waals surface area contributed by atoms with E-state index < -0.39 is 36.4 Å². The third-order valence-electron chi connectivity index (χ3n) is 1.29. The SMILES string of the molecule is O=C(O)CC(O)(CC(=O)O)C(=O)O.[BiH3].[KH].[KH].[KH]. The Labute approximate surface area is 244 Å². The summed E-state index contributed by atoms with van der Waals surface area (Å²) >= 11 is 0. The minimum atomic E-state index is -2.74. The quantitative estimate of drug-likeness (QED) is 0.267. The Balaban J connectivity index is -0.000000120. The summed E-state index contributed by atoms with van der Waals surface area (Å²) in [6, 6.07) is 0. The molecule has 0 heterocycles. The molecule has 0 radical (unpaired) electrons. The minimum absolute atomic E-state index is 0. The van der Waals surface area contributed by atoms with E-state index in [1.54, 1.807) is 0 Å². The zero-order chi connectivity index (χ0) is 10.6. The van der Waals surface area contributed by atoms with Crippen molar-refractivity contribution >= 4 is 198 Å². The van der Waals surface area contributed by atoms with E-state index in [0.717, 1.165) is 0 Å². The number of hydrogen-bond acceptors (Lipinski definition) is 4. The van der Waals surface area contributed by atoms with Crippen LogP contribution in [0.15, 0.2) is 0 Å². The van der Waals surface area contributed by atoms with E-state index in [2.05, 4.69) is 0 Å². The molecule has 0 fully saturated rings. The first-order chi connectivity index (χ1) is 5.78. The Hall–Kier alpha value is 4.16. The van der Waals surface area contributed by atoms with Gasteiger partial charge in [0.15, 0.2) is 5.60 Å². The van der Waals surface area contributed by atoms with Crippen molar-refractivity contribution in [2.45, 2.75) is 18.4 Å². The van der Waals surface area contributed by atoms with Gasteiger partial charge in [-0.2, -0.15) is 0 Å². The van der Waals surface area contributed by atoms with Gasteiger partial charge >= 0.3 is 198 Å². The van der Waals surface area contributed by atoms with E-state index in [1.807, 2.05) is 0 Å². The van der Waals surface area contributed by atoms with Gasteiger partial charge in [-0.15, -0.1) is 0 Å². The summed E-state index contributed by atoms with van der Waals surface area (Å²) in [7, 11) is 0. The van der Waals surface area contributed by atoms with Crippen molar-refractivity contribution in [1.82, 2.24) is 0 Å². The van der Waals surface area contributed by atoms with Crippen LogP contribution in [0.1, 0.15) is 12.8 Å². The van der Waals surface area contributed by atoms with E-state index in [0.29, 0.717) is 0 Å². The molecule has 0 bridgehead atoms. The van der Waals surface area contributed by atoms with Crippen LogP contribution in [0.5, 0.6) is 0 Å². The van der Waals surface area contributed by atoms with Crippen LogP contribution in [-0.2, 0) is 14.4 Å². The number of carbonyl (C=O) groups is 3. The van der Waals surface area contributed by atoms with E-state index in [9.17, 15) is 14.4 Å². The second-order valence-electron chi connectivity index (χ2n) is 2.48. The number of rotatable bonds is 5. The molecule has 0 saturated heterocycles. The molecule has 7 nitrogen and oxygen atoms in total. The molecule has 0 aliphatic heterocycles. The van der Waals surface area contributed by atoms with E-state index in [-0.39, 0.29) is 180 Å². The average molecular weight is 524 g/mol. The topological polar surface area (TPSA) is 132 Å². The van der Waals surface area contributed by atoms with Crippen LogP contribution in [-0.4, -0.2) is 224 Å². The van der Waals surface area contributed by atoms with E-state index in [1.165, 1.54) is 0 Å². The monoisotopic (exact) mass is 524 g/mol. The van der Waals surface area contributed by atoms with Crippen LogP contribution in [0.2, 0.25) is 0 Å². The molecule has 0 rings (SSSR count). The number of hydrogen-bond donors (Lipinski definition) is 4. The third-order valence-corrected chi connectivity index (χ3v) is 1.29. The van der Waals surface area contributed by atoms with Gasteiger partial charge in [0.2, 0.25) is 0 Å². The van der Waals surface area contributed by atoms with Crippen molar-refractivity contribution in [3.05, 3.63) is 0 Å². The van der Waals surface area contributed by atoms with Crippen LogP contribution in [0.3, 0.4) is 0 Å². The molecule has 0 aromatic carbocycles. The van der Waals surface area contributed by atoms with E-state index in [4.69, 9.17) is 20.4 Å². The molecule has 11 heteroatoms. The molecule has 0 amide bonds. The van der Waals surface area contributed by atoms with Crippen molar-refractivity contribution in [1.29, 1.82) is 0 Å². The Bertz CT molecular complexity index is 244. The maximum atomic E-state index is 10.3. The zero-order valence-corrected chi connectivity index (χ0v) is 12.6. The summed E-state index contributed by atoms with van der Waals surface area (Å²) in [5, 5.41) is 33.8. The molecule has 0 aromatic heterocycles. The van der Waals surface area contributed by atoms with Gasteiger partial charge in [0.25, 0.3) is 0 Å². The molecule has 88 valence electrons. The summed E-state index contributed by atoms with van der Waals surface area (Å²) in [5.74, 6) is -5.02. The molecule has 0 unspecified atom stereocenters. The number of carboxylic acid groups (broad SMARTS) is 3. The first kappa shape index (κ1) is 32.9. The van der Waals surface area contributed by atoms with Gasteiger partial charge in [-0.05, 0) is 0 Å². The Morgan fingerprint density at radius 2 is 1.06 bits per heavy atom. The molecule has 0 aromatic rings. The van der Waals surface area contributed by atoms with Gasteiger partial charge in [0.1, 0.15) is 0 Å². The molecule has 0 atom stereocenters. The van der Waals surface area contributed by atoms with Crippen LogP contribution >= 0.6 is 0 Å². The Morgan fingerprint density at radius 3 is 1.18 bits per heavy atom. The summed E-state index contributed by atoms with van der Waals surface area (Å²) in [5.41, 5.74) is -2.74.